The fourth-order valence-electron chi connectivity index (χ4n) is 3.93. The Hall–Kier alpha value is -4.10. The summed E-state index contributed by atoms with van der Waals surface area (Å²) in [5, 5.41) is 33.2. The summed E-state index contributed by atoms with van der Waals surface area (Å²) in [4.78, 5) is 60.8. The minimum absolute atomic E-state index is 0.126. The highest BCUT2D eigenvalue weighted by Gasteiger charge is 2.54. The number of tetrazole rings is 1. The Labute approximate surface area is 249 Å². The number of nitrogens with zero attached hydrogens (tertiary/aromatic N) is 8. The second kappa shape index (κ2) is 12.0. The zero-order valence-corrected chi connectivity index (χ0v) is 24.7. The number of thiazole rings is 1. The molecule has 19 heteroatoms. The molecule has 0 spiro atoms. The molecule has 220 valence electrons. The van der Waals surface area contributed by atoms with Crippen molar-refractivity contribution >= 4 is 70.0 Å². The van der Waals surface area contributed by atoms with Crippen LogP contribution in [-0.2, 0) is 28.8 Å². The van der Waals surface area contributed by atoms with Gasteiger partial charge in [0.05, 0.1) is 5.51 Å². The third kappa shape index (κ3) is 6.36. The molecule has 0 aromatic carbocycles. The fraction of sp³-hybridized carbons (Fsp3) is 0.391. The molecule has 2 aliphatic rings. The number of carbonyl (C=O) groups excluding carboxylic acids is 3. The zero-order chi connectivity index (χ0) is 30.0. The summed E-state index contributed by atoms with van der Waals surface area (Å²) in [7, 11) is 0. The Morgan fingerprint density at radius 1 is 1.29 bits per heavy atom. The highest BCUT2D eigenvalue weighted by atomic mass is 32.2. The SMILES string of the molecule is CC(C)(C)OC(=O)CO/N=C(\C(=O)NC1C(=O)N2C(C(=O)O)=C(CSc3ccc4nnnn4n3)CS[C@H]12)c1cscn1. The predicted molar refractivity (Wildman–Crippen MR) is 149 cm³/mol. The van der Waals surface area contributed by atoms with Gasteiger partial charge in [0.25, 0.3) is 11.8 Å². The summed E-state index contributed by atoms with van der Waals surface area (Å²) in [6, 6.07) is 2.39. The molecule has 0 bridgehead atoms. The monoisotopic (exact) mass is 633 g/mol. The molecule has 2 aliphatic heterocycles. The molecule has 3 aromatic rings. The molecule has 16 nitrogen and oxygen atoms in total. The van der Waals surface area contributed by atoms with E-state index in [1.807, 2.05) is 0 Å². The number of thioether (sulfide) groups is 2. The molecular weight excluding hydrogens is 611 g/mol. The number of rotatable bonds is 10. The molecule has 3 aromatic heterocycles. The van der Waals surface area contributed by atoms with Crippen molar-refractivity contribution in [3.63, 3.8) is 0 Å². The van der Waals surface area contributed by atoms with Crippen LogP contribution in [0, 0.1) is 0 Å². The van der Waals surface area contributed by atoms with E-state index in [0.29, 0.717) is 22.0 Å². The van der Waals surface area contributed by atoms with Gasteiger partial charge >= 0.3 is 11.9 Å². The van der Waals surface area contributed by atoms with Crippen molar-refractivity contribution in [3.05, 3.63) is 40.0 Å². The number of nitrogens with one attached hydrogen (secondary N) is 1. The summed E-state index contributed by atoms with van der Waals surface area (Å²) in [5.74, 6) is -2.71. The van der Waals surface area contributed by atoms with Crippen LogP contribution in [-0.4, -0.2) is 105 Å². The van der Waals surface area contributed by atoms with Gasteiger partial charge in [-0.25, -0.2) is 14.6 Å². The molecule has 0 aliphatic carbocycles. The van der Waals surface area contributed by atoms with Crippen molar-refractivity contribution in [3.8, 4) is 0 Å². The predicted octanol–water partition coefficient (Wildman–Crippen LogP) is 0.569. The van der Waals surface area contributed by atoms with E-state index in [9.17, 15) is 24.3 Å². The van der Waals surface area contributed by atoms with Crippen molar-refractivity contribution < 1.29 is 33.9 Å². The van der Waals surface area contributed by atoms with Crippen molar-refractivity contribution in [1.82, 2.24) is 40.5 Å². The molecule has 5 rings (SSSR count). The number of hydrogen-bond donors (Lipinski definition) is 2. The van der Waals surface area contributed by atoms with Crippen molar-refractivity contribution in [2.45, 2.75) is 42.8 Å². The average molecular weight is 634 g/mol. The smallest absolute Gasteiger partial charge is 0.352 e. The van der Waals surface area contributed by atoms with E-state index >= 15 is 0 Å². The number of ether oxygens (including phenoxy) is 1. The maximum atomic E-state index is 13.2. The largest absolute Gasteiger partial charge is 0.477 e. The fourth-order valence-corrected chi connectivity index (χ4v) is 6.80. The third-order valence-electron chi connectivity index (χ3n) is 5.62. The van der Waals surface area contributed by atoms with Gasteiger partial charge in [-0.05, 0) is 48.9 Å². The number of aromatic nitrogens is 6. The standard InChI is InChI=1S/C23H23N9O7S3/c1-23(2,3)39-15(33)6-38-28-16(12-9-40-10-24-12)19(34)25-17-20(35)31-18(22(36)37)11(8-42-21(17)31)7-41-14-5-4-13-26-29-30-32(13)27-14/h4-5,9-10,17,21H,6-8H2,1-3H3,(H,25,34)(H,36,37)/b28-16-/t17?,21-/m1/s1. The number of carboxylic acids is 1. The van der Waals surface area contributed by atoms with Gasteiger partial charge in [-0.3, -0.25) is 14.5 Å². The first kappa shape index (κ1) is 29.4. The average Bonchev–Trinajstić information content (AvgIpc) is 3.63. The number of β-lactam (4-membered cyclic amide) rings is 1. The highest BCUT2D eigenvalue weighted by molar-refractivity contribution is 8.01. The van der Waals surface area contributed by atoms with E-state index in [4.69, 9.17) is 9.57 Å². The molecule has 1 unspecified atom stereocenters. The van der Waals surface area contributed by atoms with Crippen LogP contribution in [0.2, 0.25) is 0 Å². The number of amides is 2. The number of esters is 1. The topological polar surface area (TPSA) is 203 Å². The lowest BCUT2D eigenvalue weighted by atomic mass is 10.0. The van der Waals surface area contributed by atoms with Gasteiger partial charge in [-0.2, -0.15) is 0 Å². The van der Waals surface area contributed by atoms with E-state index in [1.54, 1.807) is 38.3 Å². The Kier molecular flexibility index (Phi) is 8.41. The first-order chi connectivity index (χ1) is 20.0. The maximum Gasteiger partial charge on any atom is 0.352 e. The van der Waals surface area contributed by atoms with Crippen LogP contribution in [0.25, 0.3) is 5.65 Å². The Balaban J connectivity index is 1.26. The first-order valence-electron chi connectivity index (χ1n) is 12.2. The molecule has 2 amide bonds. The van der Waals surface area contributed by atoms with Crippen LogP contribution in [0.1, 0.15) is 26.5 Å². The number of aliphatic carboxylic acids is 1. The molecule has 0 saturated carbocycles. The van der Waals surface area contributed by atoms with E-state index in [-0.39, 0.29) is 22.9 Å². The van der Waals surface area contributed by atoms with Gasteiger partial charge in [0.2, 0.25) is 6.61 Å². The molecule has 0 radical (unpaired) electrons. The van der Waals surface area contributed by atoms with Gasteiger partial charge in [-0.15, -0.1) is 49.7 Å². The second-order valence-corrected chi connectivity index (χ2v) is 12.6. The van der Waals surface area contributed by atoms with Crippen LogP contribution in [0.15, 0.2) is 44.5 Å². The number of hydrogen-bond acceptors (Lipinski definition) is 15. The molecule has 5 heterocycles. The first-order valence-corrected chi connectivity index (χ1v) is 15.2. The number of fused-ring (bicyclic) bond motifs is 2. The summed E-state index contributed by atoms with van der Waals surface area (Å²) in [5.41, 5.74) is 1.57. The molecule has 2 N–H and O–H groups in total. The van der Waals surface area contributed by atoms with Gasteiger partial charge < -0.3 is 20.0 Å². The van der Waals surface area contributed by atoms with Crippen molar-refractivity contribution in [1.29, 1.82) is 0 Å². The summed E-state index contributed by atoms with van der Waals surface area (Å²) in [6.45, 7) is 4.56. The Morgan fingerprint density at radius 3 is 2.81 bits per heavy atom. The van der Waals surface area contributed by atoms with Crippen LogP contribution < -0.4 is 5.32 Å². The van der Waals surface area contributed by atoms with Gasteiger partial charge in [-0.1, -0.05) is 5.16 Å². The van der Waals surface area contributed by atoms with Gasteiger partial charge in [0, 0.05) is 16.9 Å². The summed E-state index contributed by atoms with van der Waals surface area (Å²) < 4.78 is 6.43. The molecule has 1 saturated heterocycles. The lowest BCUT2D eigenvalue weighted by Gasteiger charge is -2.49. The number of oxime groups is 1. The quantitative estimate of drug-likeness (QED) is 0.103. The van der Waals surface area contributed by atoms with Crippen LogP contribution in [0.3, 0.4) is 0 Å². The lowest BCUT2D eigenvalue weighted by Crippen LogP contribution is -2.71. The lowest BCUT2D eigenvalue weighted by molar-refractivity contribution is -0.160. The van der Waals surface area contributed by atoms with Crippen molar-refractivity contribution in [2.24, 2.45) is 5.16 Å². The number of carbonyl (C=O) groups is 4. The van der Waals surface area contributed by atoms with Gasteiger partial charge in [0.1, 0.15) is 33.4 Å². The van der Waals surface area contributed by atoms with Gasteiger partial charge in [0.15, 0.2) is 11.4 Å². The molecular formula is C23H23N9O7S3. The number of carboxylic acid groups (broad SMARTS) is 1. The van der Waals surface area contributed by atoms with E-state index < -0.39 is 47.4 Å². The molecule has 2 atom stereocenters. The van der Waals surface area contributed by atoms with Crippen LogP contribution in [0.5, 0.6) is 0 Å². The van der Waals surface area contributed by atoms with E-state index in [1.165, 1.54) is 49.9 Å². The maximum absolute atomic E-state index is 13.2. The van der Waals surface area contributed by atoms with E-state index in [0.717, 1.165) is 0 Å². The van der Waals surface area contributed by atoms with Crippen molar-refractivity contribution in [2.75, 3.05) is 18.1 Å². The second-order valence-electron chi connectivity index (χ2n) is 9.78. The minimum atomic E-state index is -1.25. The Bertz CT molecular complexity index is 1600. The summed E-state index contributed by atoms with van der Waals surface area (Å²) >= 11 is 3.82. The molecule has 42 heavy (non-hydrogen) atoms. The Morgan fingerprint density at radius 2 is 2.10 bits per heavy atom. The third-order valence-corrected chi connectivity index (χ3v) is 8.56. The zero-order valence-electron chi connectivity index (χ0n) is 22.3. The van der Waals surface area contributed by atoms with Crippen LogP contribution in [0.4, 0.5) is 0 Å². The molecule has 1 fully saturated rings. The minimum Gasteiger partial charge on any atom is -0.477 e. The highest BCUT2D eigenvalue weighted by Crippen LogP contribution is 2.41. The van der Waals surface area contributed by atoms with Crippen LogP contribution >= 0.6 is 34.9 Å². The summed E-state index contributed by atoms with van der Waals surface area (Å²) in [6.07, 6.45) is 0. The normalized spacial score (nSPS) is 18.9. The van der Waals surface area contributed by atoms with E-state index in [2.05, 4.69) is 36.1 Å².